The molecule has 3 rings (SSSR count). The third-order valence-corrected chi connectivity index (χ3v) is 5.24. The lowest BCUT2D eigenvalue weighted by Crippen LogP contribution is -2.40. The second kappa shape index (κ2) is 10.6. The van der Waals surface area contributed by atoms with E-state index in [1.807, 2.05) is 41.0 Å². The van der Waals surface area contributed by atoms with E-state index < -0.39 is 11.9 Å². The molecule has 0 fully saturated rings. The van der Waals surface area contributed by atoms with Crippen molar-refractivity contribution in [2.75, 3.05) is 19.4 Å². The van der Waals surface area contributed by atoms with E-state index in [1.165, 1.54) is 6.08 Å². The Bertz CT molecular complexity index is 1080. The highest BCUT2D eigenvalue weighted by molar-refractivity contribution is 7.99. The molecule has 0 aliphatic rings. The summed E-state index contributed by atoms with van der Waals surface area (Å²) in [6.45, 7) is 3.77. The summed E-state index contributed by atoms with van der Waals surface area (Å²) in [7, 11) is 1.58. The summed E-state index contributed by atoms with van der Waals surface area (Å²) in [6, 6.07) is 14.0. The van der Waals surface area contributed by atoms with Gasteiger partial charge >= 0.3 is 6.03 Å². The highest BCUT2D eigenvalue weighted by atomic mass is 35.5. The van der Waals surface area contributed by atoms with Crippen molar-refractivity contribution >= 4 is 35.3 Å². The van der Waals surface area contributed by atoms with Crippen molar-refractivity contribution in [2.45, 2.75) is 5.16 Å². The molecular weight excluding hydrogens is 438 g/mol. The largest absolute Gasteiger partial charge is 0.496 e. The van der Waals surface area contributed by atoms with Gasteiger partial charge in [0.1, 0.15) is 5.75 Å². The second-order valence-corrected chi connectivity index (χ2v) is 7.53. The number of amides is 3. The molecule has 0 unspecified atom stereocenters. The number of ether oxygens (including phenoxy) is 1. The van der Waals surface area contributed by atoms with Gasteiger partial charge in [0, 0.05) is 17.3 Å². The fraction of sp³-hybridized carbons (Fsp3) is 0.143. The van der Waals surface area contributed by atoms with E-state index >= 15 is 0 Å². The number of thioether (sulfide) groups is 1. The number of urea groups is 1. The number of imide groups is 1. The molecular formula is C21H20ClN5O3S. The van der Waals surface area contributed by atoms with Crippen LogP contribution in [0.5, 0.6) is 5.75 Å². The Labute approximate surface area is 188 Å². The van der Waals surface area contributed by atoms with E-state index in [-0.39, 0.29) is 12.3 Å². The van der Waals surface area contributed by atoms with Gasteiger partial charge in [0.05, 0.1) is 18.4 Å². The van der Waals surface area contributed by atoms with Crippen LogP contribution in [-0.2, 0) is 4.79 Å². The van der Waals surface area contributed by atoms with Crippen LogP contribution < -0.4 is 15.4 Å². The SMILES string of the molecule is C=CCNC(=O)NC(=O)CSc1nnc(-c2ccccc2OC)n1-c1ccc(Cl)cc1. The van der Waals surface area contributed by atoms with Gasteiger partial charge in [-0.15, -0.1) is 16.8 Å². The van der Waals surface area contributed by atoms with Gasteiger partial charge in [0.15, 0.2) is 11.0 Å². The Morgan fingerprint density at radius 1 is 1.19 bits per heavy atom. The standard InChI is InChI=1S/C21H20ClN5O3S/c1-3-12-23-20(29)24-18(28)13-31-21-26-25-19(16-6-4-5-7-17(16)30-2)27(21)15-10-8-14(22)9-11-15/h3-11H,1,12-13H2,2H3,(H2,23,24,28,29). The Morgan fingerprint density at radius 2 is 1.94 bits per heavy atom. The molecule has 0 aliphatic heterocycles. The van der Waals surface area contributed by atoms with Crippen molar-refractivity contribution in [1.82, 2.24) is 25.4 Å². The summed E-state index contributed by atoms with van der Waals surface area (Å²) < 4.78 is 7.28. The number of aromatic nitrogens is 3. The molecule has 0 saturated carbocycles. The van der Waals surface area contributed by atoms with Crippen LogP contribution >= 0.6 is 23.4 Å². The number of hydrogen-bond acceptors (Lipinski definition) is 6. The summed E-state index contributed by atoms with van der Waals surface area (Å²) in [4.78, 5) is 23.8. The van der Waals surface area contributed by atoms with E-state index in [9.17, 15) is 9.59 Å². The Hall–Kier alpha value is -3.30. The number of nitrogens with zero attached hydrogens (tertiary/aromatic N) is 3. The highest BCUT2D eigenvalue weighted by Crippen LogP contribution is 2.33. The molecule has 3 aromatic rings. The molecule has 10 heteroatoms. The van der Waals surface area contributed by atoms with Crippen LogP contribution in [-0.4, -0.2) is 46.1 Å². The third-order valence-electron chi connectivity index (χ3n) is 4.06. The lowest BCUT2D eigenvalue weighted by Gasteiger charge is -2.12. The van der Waals surface area contributed by atoms with Crippen LogP contribution in [0.3, 0.4) is 0 Å². The quantitative estimate of drug-likeness (QED) is 0.395. The van der Waals surface area contributed by atoms with Crippen LogP contribution in [0.1, 0.15) is 0 Å². The van der Waals surface area contributed by atoms with Crippen molar-refractivity contribution in [3.05, 3.63) is 66.2 Å². The molecule has 0 atom stereocenters. The van der Waals surface area contributed by atoms with Crippen molar-refractivity contribution in [3.8, 4) is 22.8 Å². The number of carbonyl (C=O) groups excluding carboxylic acids is 2. The van der Waals surface area contributed by atoms with E-state index in [1.54, 1.807) is 19.2 Å². The molecule has 160 valence electrons. The topological polar surface area (TPSA) is 98.1 Å². The average Bonchev–Trinajstić information content (AvgIpc) is 3.20. The summed E-state index contributed by atoms with van der Waals surface area (Å²) in [6.07, 6.45) is 1.52. The van der Waals surface area contributed by atoms with Gasteiger partial charge in [-0.3, -0.25) is 14.7 Å². The van der Waals surface area contributed by atoms with Crippen LogP contribution in [0, 0.1) is 0 Å². The van der Waals surface area contributed by atoms with Crippen molar-refractivity contribution in [3.63, 3.8) is 0 Å². The fourth-order valence-electron chi connectivity index (χ4n) is 2.69. The molecule has 0 saturated heterocycles. The van der Waals surface area contributed by atoms with E-state index in [0.717, 1.165) is 23.0 Å². The van der Waals surface area contributed by atoms with E-state index in [2.05, 4.69) is 27.4 Å². The van der Waals surface area contributed by atoms with Crippen molar-refractivity contribution in [2.24, 2.45) is 0 Å². The lowest BCUT2D eigenvalue weighted by molar-refractivity contribution is -0.117. The Morgan fingerprint density at radius 3 is 2.65 bits per heavy atom. The molecule has 1 heterocycles. The van der Waals surface area contributed by atoms with Gasteiger partial charge in [0.2, 0.25) is 5.91 Å². The number of methoxy groups -OCH3 is 1. The number of halogens is 1. The van der Waals surface area contributed by atoms with Gasteiger partial charge in [-0.25, -0.2) is 4.79 Å². The predicted octanol–water partition coefficient (Wildman–Crippen LogP) is 3.70. The van der Waals surface area contributed by atoms with E-state index in [0.29, 0.717) is 21.8 Å². The smallest absolute Gasteiger partial charge is 0.321 e. The molecule has 0 bridgehead atoms. The van der Waals surface area contributed by atoms with Crippen molar-refractivity contribution in [1.29, 1.82) is 0 Å². The minimum absolute atomic E-state index is 0.0286. The fourth-order valence-corrected chi connectivity index (χ4v) is 3.57. The summed E-state index contributed by atoms with van der Waals surface area (Å²) in [5, 5.41) is 14.4. The number of nitrogens with one attached hydrogen (secondary N) is 2. The molecule has 2 N–H and O–H groups in total. The summed E-state index contributed by atoms with van der Waals surface area (Å²) in [5.74, 6) is 0.694. The number of para-hydroxylation sites is 1. The van der Waals surface area contributed by atoms with Gasteiger partial charge in [-0.2, -0.15) is 0 Å². The molecule has 0 aliphatic carbocycles. The monoisotopic (exact) mass is 457 g/mol. The lowest BCUT2D eigenvalue weighted by atomic mass is 10.2. The average molecular weight is 458 g/mol. The van der Waals surface area contributed by atoms with E-state index in [4.69, 9.17) is 16.3 Å². The first kappa shape index (κ1) is 22.4. The second-order valence-electron chi connectivity index (χ2n) is 6.15. The maximum Gasteiger partial charge on any atom is 0.321 e. The van der Waals surface area contributed by atoms with Gasteiger partial charge in [-0.1, -0.05) is 41.6 Å². The molecule has 8 nitrogen and oxygen atoms in total. The number of rotatable bonds is 8. The van der Waals surface area contributed by atoms with Crippen LogP contribution in [0.15, 0.2) is 66.3 Å². The van der Waals surface area contributed by atoms with Crippen molar-refractivity contribution < 1.29 is 14.3 Å². The highest BCUT2D eigenvalue weighted by Gasteiger charge is 2.20. The predicted molar refractivity (Wildman–Crippen MR) is 121 cm³/mol. The molecule has 1 aromatic heterocycles. The number of hydrogen-bond donors (Lipinski definition) is 2. The zero-order chi connectivity index (χ0) is 22.2. The maximum absolute atomic E-state index is 12.1. The molecule has 0 spiro atoms. The first-order valence-electron chi connectivity index (χ1n) is 9.19. The maximum atomic E-state index is 12.1. The summed E-state index contributed by atoms with van der Waals surface area (Å²) in [5.41, 5.74) is 1.51. The number of carbonyl (C=O) groups is 2. The minimum Gasteiger partial charge on any atom is -0.496 e. The van der Waals surface area contributed by atoms with Gasteiger partial charge in [-0.05, 0) is 36.4 Å². The van der Waals surface area contributed by atoms with Crippen LogP contribution in [0.2, 0.25) is 5.02 Å². The van der Waals surface area contributed by atoms with Gasteiger partial charge in [0.25, 0.3) is 0 Å². The zero-order valence-corrected chi connectivity index (χ0v) is 18.2. The zero-order valence-electron chi connectivity index (χ0n) is 16.7. The Kier molecular flexibility index (Phi) is 7.69. The van der Waals surface area contributed by atoms with Gasteiger partial charge < -0.3 is 10.1 Å². The molecule has 2 aromatic carbocycles. The van der Waals surface area contributed by atoms with Crippen LogP contribution in [0.25, 0.3) is 17.1 Å². The molecule has 0 radical (unpaired) electrons. The number of benzene rings is 2. The first-order chi connectivity index (χ1) is 15.0. The summed E-state index contributed by atoms with van der Waals surface area (Å²) >= 11 is 7.19. The molecule has 3 amide bonds. The normalized spacial score (nSPS) is 10.4. The third kappa shape index (κ3) is 5.65. The Balaban J connectivity index is 1.89. The van der Waals surface area contributed by atoms with Crippen LogP contribution in [0.4, 0.5) is 4.79 Å². The molecule has 31 heavy (non-hydrogen) atoms. The first-order valence-corrected chi connectivity index (χ1v) is 10.6. The minimum atomic E-state index is -0.584.